The first-order chi connectivity index (χ1) is 10.6. The second kappa shape index (κ2) is 5.40. The molecule has 0 saturated heterocycles. The number of nitrogens with zero attached hydrogens (tertiary/aromatic N) is 1. The lowest BCUT2D eigenvalue weighted by atomic mass is 10.1. The van der Waals surface area contributed by atoms with Crippen LogP contribution < -0.4 is 15.6 Å². The van der Waals surface area contributed by atoms with E-state index in [-0.39, 0.29) is 11.5 Å². The topological polar surface area (TPSA) is 76.1 Å². The van der Waals surface area contributed by atoms with Crippen LogP contribution in [-0.4, -0.2) is 29.8 Å². The highest BCUT2D eigenvalue weighted by Gasteiger charge is 2.11. The molecule has 0 aliphatic rings. The number of ether oxygens (including phenoxy) is 1. The summed E-state index contributed by atoms with van der Waals surface area (Å²) >= 11 is 0. The Balaban J connectivity index is 2.12. The number of nitrogens with one attached hydrogen (secondary N) is 2. The van der Waals surface area contributed by atoms with Crippen LogP contribution in [0.5, 0.6) is 5.75 Å². The van der Waals surface area contributed by atoms with Crippen LogP contribution in [-0.2, 0) is 0 Å². The van der Waals surface area contributed by atoms with Crippen molar-refractivity contribution in [3.05, 3.63) is 58.4 Å². The van der Waals surface area contributed by atoms with E-state index in [1.807, 2.05) is 0 Å². The van der Waals surface area contributed by atoms with E-state index in [1.165, 1.54) is 4.68 Å². The predicted molar refractivity (Wildman–Crippen MR) is 83.8 cm³/mol. The molecule has 0 aliphatic heterocycles. The smallest absolute Gasteiger partial charge is 0.279 e. The summed E-state index contributed by atoms with van der Waals surface area (Å²) in [4.78, 5) is 24.1. The summed E-state index contributed by atoms with van der Waals surface area (Å²) in [7, 11) is 3.15. The molecule has 2 N–H and O–H groups in total. The van der Waals surface area contributed by atoms with Crippen LogP contribution in [0.2, 0.25) is 0 Å². The van der Waals surface area contributed by atoms with Gasteiger partial charge in [-0.3, -0.25) is 14.7 Å². The van der Waals surface area contributed by atoms with Gasteiger partial charge in [0, 0.05) is 12.6 Å². The molecule has 3 rings (SSSR count). The summed E-state index contributed by atoms with van der Waals surface area (Å²) in [5.74, 6) is 0.523. The number of fused-ring (bicyclic) bond motifs is 1. The van der Waals surface area contributed by atoms with Crippen LogP contribution in [0, 0.1) is 0 Å². The highest BCUT2D eigenvalue weighted by atomic mass is 16.5. The van der Waals surface area contributed by atoms with E-state index in [1.54, 1.807) is 56.6 Å². The van der Waals surface area contributed by atoms with Crippen molar-refractivity contribution in [3.8, 4) is 11.4 Å². The molecule has 6 nitrogen and oxygen atoms in total. The second-order valence-corrected chi connectivity index (χ2v) is 4.79. The molecule has 0 saturated carbocycles. The number of H-pyrrole nitrogens is 1. The molecule has 0 aliphatic carbocycles. The van der Waals surface area contributed by atoms with Gasteiger partial charge >= 0.3 is 0 Å². The van der Waals surface area contributed by atoms with Crippen LogP contribution >= 0.6 is 0 Å². The molecular formula is C16H15N3O3. The molecule has 6 heteroatoms. The van der Waals surface area contributed by atoms with E-state index < -0.39 is 0 Å². The lowest BCUT2D eigenvalue weighted by Gasteiger charge is -2.03. The molecule has 0 fully saturated rings. The van der Waals surface area contributed by atoms with Crippen molar-refractivity contribution in [3.63, 3.8) is 0 Å². The van der Waals surface area contributed by atoms with E-state index in [0.717, 1.165) is 5.75 Å². The maximum atomic E-state index is 12.4. The fourth-order valence-corrected chi connectivity index (χ4v) is 2.31. The van der Waals surface area contributed by atoms with Gasteiger partial charge in [0.05, 0.1) is 23.7 Å². The highest BCUT2D eigenvalue weighted by molar-refractivity contribution is 5.97. The van der Waals surface area contributed by atoms with Crippen molar-refractivity contribution >= 4 is 16.8 Å². The molecular weight excluding hydrogens is 282 g/mol. The average molecular weight is 297 g/mol. The van der Waals surface area contributed by atoms with Crippen molar-refractivity contribution < 1.29 is 9.53 Å². The molecule has 0 unspecified atom stereocenters. The maximum absolute atomic E-state index is 12.4. The van der Waals surface area contributed by atoms with Crippen molar-refractivity contribution in [2.45, 2.75) is 0 Å². The molecule has 0 atom stereocenters. The Hall–Kier alpha value is -3.02. The number of hydrogen-bond acceptors (Lipinski definition) is 3. The number of rotatable bonds is 3. The minimum Gasteiger partial charge on any atom is -0.497 e. The normalized spacial score (nSPS) is 10.6. The lowest BCUT2D eigenvalue weighted by Crippen LogP contribution is -2.17. The van der Waals surface area contributed by atoms with Crippen molar-refractivity contribution in [2.24, 2.45) is 0 Å². The Labute approximate surface area is 126 Å². The minimum absolute atomic E-state index is 0.163. The standard InChI is InChI=1S/C16H15N3O3/c1-17-15(20)10-3-8-13-14(9-10)18-19(16(13)21)11-4-6-12(22-2)7-5-11/h3-9,18H,1-2H3,(H,17,20). The third kappa shape index (κ3) is 2.24. The van der Waals surface area contributed by atoms with E-state index in [4.69, 9.17) is 4.74 Å². The summed E-state index contributed by atoms with van der Waals surface area (Å²) < 4.78 is 6.55. The van der Waals surface area contributed by atoms with Gasteiger partial charge in [0.2, 0.25) is 0 Å². The molecule has 0 radical (unpaired) electrons. The monoisotopic (exact) mass is 297 g/mol. The third-order valence-corrected chi connectivity index (χ3v) is 3.51. The lowest BCUT2D eigenvalue weighted by molar-refractivity contribution is 0.0963. The van der Waals surface area contributed by atoms with Crippen LogP contribution in [0.4, 0.5) is 0 Å². The van der Waals surface area contributed by atoms with Gasteiger partial charge in [-0.1, -0.05) is 0 Å². The van der Waals surface area contributed by atoms with Gasteiger partial charge < -0.3 is 10.1 Å². The van der Waals surface area contributed by atoms with Gasteiger partial charge in [0.25, 0.3) is 11.5 Å². The molecule has 1 heterocycles. The zero-order valence-corrected chi connectivity index (χ0v) is 12.2. The quantitative estimate of drug-likeness (QED) is 0.772. The zero-order chi connectivity index (χ0) is 15.7. The van der Waals surface area contributed by atoms with E-state index in [2.05, 4.69) is 10.4 Å². The minimum atomic E-state index is -0.194. The molecule has 0 bridgehead atoms. The Bertz CT molecular complexity index is 891. The number of benzene rings is 2. The Morgan fingerprint density at radius 3 is 2.55 bits per heavy atom. The number of hydrogen-bond donors (Lipinski definition) is 2. The fourth-order valence-electron chi connectivity index (χ4n) is 2.31. The van der Waals surface area contributed by atoms with Crippen molar-refractivity contribution in [1.29, 1.82) is 0 Å². The second-order valence-electron chi connectivity index (χ2n) is 4.79. The number of methoxy groups -OCH3 is 1. The Kier molecular flexibility index (Phi) is 3.42. The molecule has 22 heavy (non-hydrogen) atoms. The molecule has 0 spiro atoms. The number of aromatic nitrogens is 2. The van der Waals surface area contributed by atoms with Gasteiger partial charge in [-0.15, -0.1) is 0 Å². The number of aromatic amines is 1. The fraction of sp³-hybridized carbons (Fsp3) is 0.125. The van der Waals surface area contributed by atoms with Crippen LogP contribution in [0.25, 0.3) is 16.6 Å². The summed E-state index contributed by atoms with van der Waals surface area (Å²) in [5, 5.41) is 6.11. The molecule has 1 amide bonds. The average Bonchev–Trinajstić information content (AvgIpc) is 2.90. The summed E-state index contributed by atoms with van der Waals surface area (Å²) in [5.41, 5.74) is 1.65. The third-order valence-electron chi connectivity index (χ3n) is 3.51. The van der Waals surface area contributed by atoms with Gasteiger partial charge in [-0.25, -0.2) is 4.68 Å². The van der Waals surface area contributed by atoms with Gasteiger partial charge in [0.1, 0.15) is 5.75 Å². The van der Waals surface area contributed by atoms with E-state index in [0.29, 0.717) is 22.2 Å². The zero-order valence-electron chi connectivity index (χ0n) is 12.2. The van der Waals surface area contributed by atoms with Gasteiger partial charge in [-0.2, -0.15) is 0 Å². The molecule has 1 aromatic heterocycles. The highest BCUT2D eigenvalue weighted by Crippen LogP contribution is 2.16. The van der Waals surface area contributed by atoms with E-state index in [9.17, 15) is 9.59 Å². The van der Waals surface area contributed by atoms with Crippen LogP contribution in [0.15, 0.2) is 47.3 Å². The van der Waals surface area contributed by atoms with Crippen LogP contribution in [0.3, 0.4) is 0 Å². The summed E-state index contributed by atoms with van der Waals surface area (Å²) in [6.45, 7) is 0. The largest absolute Gasteiger partial charge is 0.497 e. The van der Waals surface area contributed by atoms with Crippen molar-refractivity contribution in [1.82, 2.24) is 15.1 Å². The van der Waals surface area contributed by atoms with Gasteiger partial charge in [0.15, 0.2) is 0 Å². The first-order valence-electron chi connectivity index (χ1n) is 6.75. The molecule has 112 valence electrons. The summed E-state index contributed by atoms with van der Waals surface area (Å²) in [6.07, 6.45) is 0. The van der Waals surface area contributed by atoms with E-state index >= 15 is 0 Å². The van der Waals surface area contributed by atoms with Crippen molar-refractivity contribution in [2.75, 3.05) is 14.2 Å². The van der Waals surface area contributed by atoms with Crippen LogP contribution in [0.1, 0.15) is 10.4 Å². The summed E-state index contributed by atoms with van der Waals surface area (Å²) in [6, 6.07) is 12.1. The molecule has 2 aromatic carbocycles. The first-order valence-corrected chi connectivity index (χ1v) is 6.75. The van der Waals surface area contributed by atoms with Gasteiger partial charge in [-0.05, 0) is 42.5 Å². The number of carbonyl (C=O) groups excluding carboxylic acids is 1. The molecule has 3 aromatic rings. The number of carbonyl (C=O) groups is 1. The Morgan fingerprint density at radius 1 is 1.18 bits per heavy atom. The maximum Gasteiger partial charge on any atom is 0.279 e. The SMILES string of the molecule is CNC(=O)c1ccc2c(=O)n(-c3ccc(OC)cc3)[nH]c2c1. The number of amides is 1. The predicted octanol–water partition coefficient (Wildman–Crippen LogP) is 1.69. The Morgan fingerprint density at radius 2 is 1.91 bits per heavy atom. The first kappa shape index (κ1) is 13.9.